The summed E-state index contributed by atoms with van der Waals surface area (Å²) in [5, 5.41) is 0. The first-order chi connectivity index (χ1) is 9.49. The van der Waals surface area contributed by atoms with Crippen LogP contribution < -0.4 is 10.5 Å². The molecule has 1 aromatic rings. The van der Waals surface area contributed by atoms with Gasteiger partial charge in [0, 0.05) is 0 Å². The van der Waals surface area contributed by atoms with Crippen molar-refractivity contribution < 1.29 is 14.3 Å². The molecule has 0 amide bonds. The smallest absolute Gasteiger partial charge is 0.337 e. The van der Waals surface area contributed by atoms with Gasteiger partial charge in [-0.25, -0.2) is 4.79 Å². The Morgan fingerprint density at radius 3 is 2.40 bits per heavy atom. The minimum absolute atomic E-state index is 0.208. The maximum Gasteiger partial charge on any atom is 0.337 e. The highest BCUT2D eigenvalue weighted by Crippen LogP contribution is 2.33. The van der Waals surface area contributed by atoms with Gasteiger partial charge in [-0.1, -0.05) is 13.8 Å². The Bertz CT molecular complexity index is 477. The Morgan fingerprint density at radius 2 is 1.85 bits per heavy atom. The van der Waals surface area contributed by atoms with Crippen LogP contribution in [0.1, 0.15) is 43.5 Å². The Balaban J connectivity index is 2.08. The fourth-order valence-electron chi connectivity index (χ4n) is 3.05. The topological polar surface area (TPSA) is 61.5 Å². The molecule has 1 aliphatic carbocycles. The van der Waals surface area contributed by atoms with Crippen LogP contribution in [-0.2, 0) is 4.74 Å². The molecule has 1 aliphatic rings. The van der Waals surface area contributed by atoms with Gasteiger partial charge in [0.1, 0.15) is 5.75 Å². The number of nitrogen functional groups attached to an aromatic ring is 1. The van der Waals surface area contributed by atoms with Crippen molar-refractivity contribution in [3.63, 3.8) is 0 Å². The normalized spacial score (nSPS) is 26.1. The first-order valence-electron chi connectivity index (χ1n) is 7.14. The van der Waals surface area contributed by atoms with Gasteiger partial charge in [0.15, 0.2) is 0 Å². The van der Waals surface area contributed by atoms with Crippen LogP contribution in [0.5, 0.6) is 5.75 Å². The highest BCUT2D eigenvalue weighted by atomic mass is 16.5. The molecule has 4 nitrogen and oxygen atoms in total. The maximum absolute atomic E-state index is 11.4. The number of esters is 1. The van der Waals surface area contributed by atoms with E-state index in [0.29, 0.717) is 28.8 Å². The second-order valence-corrected chi connectivity index (χ2v) is 5.90. The number of carbonyl (C=O) groups is 1. The molecule has 1 saturated carbocycles. The van der Waals surface area contributed by atoms with Gasteiger partial charge < -0.3 is 15.2 Å². The van der Waals surface area contributed by atoms with Crippen molar-refractivity contribution in [3.05, 3.63) is 23.8 Å². The number of ether oxygens (including phenoxy) is 2. The van der Waals surface area contributed by atoms with Crippen molar-refractivity contribution in [1.29, 1.82) is 0 Å². The first kappa shape index (κ1) is 14.7. The van der Waals surface area contributed by atoms with E-state index in [1.807, 2.05) is 0 Å². The molecule has 0 aromatic heterocycles. The van der Waals surface area contributed by atoms with Crippen LogP contribution >= 0.6 is 0 Å². The van der Waals surface area contributed by atoms with Gasteiger partial charge in [0.05, 0.1) is 24.5 Å². The lowest BCUT2D eigenvalue weighted by atomic mass is 9.82. The van der Waals surface area contributed by atoms with E-state index in [-0.39, 0.29) is 12.1 Å². The molecule has 2 N–H and O–H groups in total. The fourth-order valence-corrected chi connectivity index (χ4v) is 3.05. The second-order valence-electron chi connectivity index (χ2n) is 5.90. The summed E-state index contributed by atoms with van der Waals surface area (Å²) >= 11 is 0. The lowest BCUT2D eigenvalue weighted by Crippen LogP contribution is -2.28. The predicted octanol–water partition coefficient (Wildman–Crippen LogP) is 3.26. The Hall–Kier alpha value is -1.71. The number of benzene rings is 1. The molecule has 0 radical (unpaired) electrons. The van der Waals surface area contributed by atoms with Crippen LogP contribution in [0, 0.1) is 11.8 Å². The molecule has 1 aromatic carbocycles. The Kier molecular flexibility index (Phi) is 4.53. The Labute approximate surface area is 120 Å². The first-order valence-corrected chi connectivity index (χ1v) is 7.14. The molecular weight excluding hydrogens is 254 g/mol. The number of anilines is 1. The largest absolute Gasteiger partial charge is 0.488 e. The molecule has 2 unspecified atom stereocenters. The highest BCUT2D eigenvalue weighted by molar-refractivity contribution is 5.90. The summed E-state index contributed by atoms with van der Waals surface area (Å²) in [7, 11) is 1.35. The van der Waals surface area contributed by atoms with Crippen molar-refractivity contribution in [2.45, 2.75) is 39.2 Å². The number of nitrogens with two attached hydrogens (primary N) is 1. The predicted molar refractivity (Wildman–Crippen MR) is 78.8 cm³/mol. The molecule has 0 bridgehead atoms. The number of rotatable bonds is 3. The third kappa shape index (κ3) is 3.44. The van der Waals surface area contributed by atoms with Crippen LogP contribution in [0.2, 0.25) is 0 Å². The average Bonchev–Trinajstić information content (AvgIpc) is 2.39. The second kappa shape index (κ2) is 6.16. The average molecular weight is 277 g/mol. The molecule has 20 heavy (non-hydrogen) atoms. The zero-order valence-corrected chi connectivity index (χ0v) is 12.4. The summed E-state index contributed by atoms with van der Waals surface area (Å²) in [5.41, 5.74) is 6.90. The Morgan fingerprint density at radius 1 is 1.20 bits per heavy atom. The number of hydrogen-bond acceptors (Lipinski definition) is 4. The van der Waals surface area contributed by atoms with Gasteiger partial charge in [-0.2, -0.15) is 0 Å². The maximum atomic E-state index is 11.4. The molecule has 4 heteroatoms. The van der Waals surface area contributed by atoms with Crippen LogP contribution in [-0.4, -0.2) is 19.2 Å². The van der Waals surface area contributed by atoms with Crippen LogP contribution in [0.15, 0.2) is 18.2 Å². The van der Waals surface area contributed by atoms with Crippen molar-refractivity contribution >= 4 is 11.7 Å². The van der Waals surface area contributed by atoms with Gasteiger partial charge in [-0.15, -0.1) is 0 Å². The lowest BCUT2D eigenvalue weighted by Gasteiger charge is -2.32. The van der Waals surface area contributed by atoms with Crippen LogP contribution in [0.25, 0.3) is 0 Å². The van der Waals surface area contributed by atoms with E-state index in [1.54, 1.807) is 18.2 Å². The zero-order chi connectivity index (χ0) is 14.7. The van der Waals surface area contributed by atoms with E-state index in [1.165, 1.54) is 13.5 Å². The van der Waals surface area contributed by atoms with E-state index >= 15 is 0 Å². The molecule has 2 rings (SSSR count). The van der Waals surface area contributed by atoms with E-state index in [2.05, 4.69) is 18.6 Å². The molecule has 110 valence electrons. The molecule has 1 fully saturated rings. The number of methoxy groups -OCH3 is 1. The van der Waals surface area contributed by atoms with Crippen molar-refractivity contribution in [1.82, 2.24) is 0 Å². The van der Waals surface area contributed by atoms with Crippen LogP contribution in [0.4, 0.5) is 5.69 Å². The summed E-state index contributed by atoms with van der Waals surface area (Å²) in [6.07, 6.45) is 3.59. The lowest BCUT2D eigenvalue weighted by molar-refractivity contribution is 0.0600. The van der Waals surface area contributed by atoms with E-state index in [4.69, 9.17) is 10.5 Å². The van der Waals surface area contributed by atoms with Gasteiger partial charge in [-0.3, -0.25) is 0 Å². The third-order valence-electron chi connectivity index (χ3n) is 3.86. The van der Waals surface area contributed by atoms with Crippen molar-refractivity contribution in [3.8, 4) is 5.75 Å². The van der Waals surface area contributed by atoms with E-state index in [9.17, 15) is 4.79 Å². The molecule has 0 spiro atoms. The molecule has 0 aliphatic heterocycles. The monoisotopic (exact) mass is 277 g/mol. The molecular formula is C16H23NO3. The summed E-state index contributed by atoms with van der Waals surface area (Å²) < 4.78 is 10.7. The third-order valence-corrected chi connectivity index (χ3v) is 3.86. The summed E-state index contributed by atoms with van der Waals surface area (Å²) in [4.78, 5) is 11.4. The highest BCUT2D eigenvalue weighted by Gasteiger charge is 2.25. The minimum atomic E-state index is -0.386. The zero-order valence-electron chi connectivity index (χ0n) is 12.4. The van der Waals surface area contributed by atoms with Crippen molar-refractivity contribution in [2.24, 2.45) is 11.8 Å². The van der Waals surface area contributed by atoms with Gasteiger partial charge in [-0.05, 0) is 49.3 Å². The summed E-state index contributed by atoms with van der Waals surface area (Å²) in [6.45, 7) is 4.52. The standard InChI is InChI=1S/C16H23NO3/c1-10-6-11(2)8-13(7-10)20-15-5-4-12(9-14(15)17)16(18)19-3/h4-5,9-11,13H,6-8,17H2,1-3H3. The SMILES string of the molecule is COC(=O)c1ccc(OC2CC(C)CC(C)C2)c(N)c1. The van der Waals surface area contributed by atoms with E-state index in [0.717, 1.165) is 12.8 Å². The quantitative estimate of drug-likeness (QED) is 0.680. The van der Waals surface area contributed by atoms with Gasteiger partial charge in [0.2, 0.25) is 0 Å². The van der Waals surface area contributed by atoms with E-state index < -0.39 is 0 Å². The molecule has 0 heterocycles. The van der Waals surface area contributed by atoms with Crippen LogP contribution in [0.3, 0.4) is 0 Å². The van der Waals surface area contributed by atoms with Gasteiger partial charge in [0.25, 0.3) is 0 Å². The minimum Gasteiger partial charge on any atom is -0.488 e. The summed E-state index contributed by atoms with van der Waals surface area (Å²) in [6, 6.07) is 5.05. The fraction of sp³-hybridized carbons (Fsp3) is 0.562. The summed E-state index contributed by atoms with van der Waals surface area (Å²) in [5.74, 6) is 1.63. The molecule has 0 saturated heterocycles. The van der Waals surface area contributed by atoms with Gasteiger partial charge >= 0.3 is 5.97 Å². The van der Waals surface area contributed by atoms with Crippen molar-refractivity contribution in [2.75, 3.05) is 12.8 Å². The molecule has 2 atom stereocenters. The number of hydrogen-bond donors (Lipinski definition) is 1. The number of carbonyl (C=O) groups excluding carboxylic acids is 1.